The third-order valence-corrected chi connectivity index (χ3v) is 4.76. The van der Waals surface area contributed by atoms with Crippen LogP contribution in [0.1, 0.15) is 16.3 Å². The van der Waals surface area contributed by atoms with Crippen molar-refractivity contribution in [2.24, 2.45) is 0 Å². The Kier molecular flexibility index (Phi) is 4.21. The maximum absolute atomic E-state index is 4.74. The van der Waals surface area contributed by atoms with E-state index in [1.807, 2.05) is 35.1 Å². The largest absolute Gasteiger partial charge is 0.266 e. The molecule has 118 valence electrons. The highest BCUT2D eigenvalue weighted by Crippen LogP contribution is 2.19. The molecule has 0 aliphatic carbocycles. The number of thiazole rings is 1. The lowest BCUT2D eigenvalue weighted by atomic mass is 10.1. The van der Waals surface area contributed by atoms with Gasteiger partial charge in [0.25, 0.3) is 0 Å². The zero-order valence-electron chi connectivity index (χ0n) is 13.2. The molecule has 4 aromatic rings. The summed E-state index contributed by atoms with van der Waals surface area (Å²) >= 11 is 1.71. The normalized spacial score (nSPS) is 10.8. The summed E-state index contributed by atoms with van der Waals surface area (Å²) in [6, 6.07) is 20.8. The maximum atomic E-state index is 4.74. The van der Waals surface area contributed by atoms with Gasteiger partial charge in [-0.3, -0.25) is 4.68 Å². The van der Waals surface area contributed by atoms with Crippen molar-refractivity contribution in [1.29, 1.82) is 0 Å². The summed E-state index contributed by atoms with van der Waals surface area (Å²) < 4.78 is 1.95. The minimum absolute atomic E-state index is 0.706. The smallest absolute Gasteiger partial charge is 0.0973 e. The first kappa shape index (κ1) is 14.8. The van der Waals surface area contributed by atoms with Gasteiger partial charge >= 0.3 is 0 Å². The summed E-state index contributed by atoms with van der Waals surface area (Å²) in [5.41, 5.74) is 4.68. The van der Waals surface area contributed by atoms with Crippen molar-refractivity contribution in [1.82, 2.24) is 14.8 Å². The monoisotopic (exact) mass is 331 g/mol. The molecule has 24 heavy (non-hydrogen) atoms. The van der Waals surface area contributed by atoms with E-state index in [9.17, 15) is 0 Å². The standard InChI is InChI=1S/C20H17N3S/c1-3-7-16(8-4-1)11-20-22-19(15-24-20)14-23-13-18(12-21-23)17-9-5-2-6-10-17/h1-10,12-13,15H,11,14H2. The van der Waals surface area contributed by atoms with Gasteiger partial charge in [-0.1, -0.05) is 60.7 Å². The fraction of sp³-hybridized carbons (Fsp3) is 0.100. The molecule has 0 aliphatic heterocycles. The topological polar surface area (TPSA) is 30.7 Å². The van der Waals surface area contributed by atoms with Gasteiger partial charge in [0.05, 0.1) is 23.4 Å². The molecule has 0 atom stereocenters. The lowest BCUT2D eigenvalue weighted by Gasteiger charge is -1.98. The Morgan fingerprint density at radius 3 is 2.42 bits per heavy atom. The summed E-state index contributed by atoms with van der Waals surface area (Å²) in [5.74, 6) is 0. The molecule has 3 nitrogen and oxygen atoms in total. The molecule has 2 heterocycles. The van der Waals surface area contributed by atoms with Gasteiger partial charge in [-0.2, -0.15) is 5.10 Å². The van der Waals surface area contributed by atoms with Crippen molar-refractivity contribution in [3.63, 3.8) is 0 Å². The quantitative estimate of drug-likeness (QED) is 0.533. The van der Waals surface area contributed by atoms with E-state index in [0.717, 1.165) is 22.7 Å². The average Bonchev–Trinajstić information content (AvgIpc) is 3.27. The Morgan fingerprint density at radius 1 is 0.875 bits per heavy atom. The van der Waals surface area contributed by atoms with Crippen LogP contribution >= 0.6 is 11.3 Å². The van der Waals surface area contributed by atoms with Crippen LogP contribution < -0.4 is 0 Å². The first-order valence-corrected chi connectivity index (χ1v) is 8.80. The van der Waals surface area contributed by atoms with Crippen LogP contribution in [0.2, 0.25) is 0 Å². The van der Waals surface area contributed by atoms with Crippen LogP contribution in [0, 0.1) is 0 Å². The second-order valence-corrected chi connectivity index (χ2v) is 6.63. The van der Waals surface area contributed by atoms with Crippen LogP contribution in [0.25, 0.3) is 11.1 Å². The lowest BCUT2D eigenvalue weighted by molar-refractivity contribution is 0.674. The second-order valence-electron chi connectivity index (χ2n) is 5.69. The predicted octanol–water partition coefficient (Wildman–Crippen LogP) is 4.65. The highest BCUT2D eigenvalue weighted by Gasteiger charge is 2.06. The van der Waals surface area contributed by atoms with Crippen LogP contribution in [0.15, 0.2) is 78.4 Å². The number of hydrogen-bond donors (Lipinski definition) is 0. The van der Waals surface area contributed by atoms with E-state index in [-0.39, 0.29) is 0 Å². The van der Waals surface area contributed by atoms with Crippen molar-refractivity contribution in [3.05, 3.63) is 94.7 Å². The van der Waals surface area contributed by atoms with E-state index >= 15 is 0 Å². The molecule has 4 heteroatoms. The summed E-state index contributed by atoms with van der Waals surface area (Å²) in [6.45, 7) is 0.706. The van der Waals surface area contributed by atoms with Gasteiger partial charge in [-0.15, -0.1) is 11.3 Å². The molecular formula is C20H17N3S. The molecule has 0 fully saturated rings. The minimum atomic E-state index is 0.706. The Balaban J connectivity index is 1.46. The van der Waals surface area contributed by atoms with E-state index in [1.54, 1.807) is 11.3 Å². The number of benzene rings is 2. The Morgan fingerprint density at radius 2 is 1.62 bits per heavy atom. The van der Waals surface area contributed by atoms with Gasteiger partial charge in [-0.25, -0.2) is 4.98 Å². The minimum Gasteiger partial charge on any atom is -0.266 e. The van der Waals surface area contributed by atoms with Crippen LogP contribution in [0.3, 0.4) is 0 Å². The maximum Gasteiger partial charge on any atom is 0.0973 e. The van der Waals surface area contributed by atoms with E-state index < -0.39 is 0 Å². The zero-order valence-corrected chi connectivity index (χ0v) is 14.0. The summed E-state index contributed by atoms with van der Waals surface area (Å²) in [6.07, 6.45) is 4.87. The predicted molar refractivity (Wildman–Crippen MR) is 98.1 cm³/mol. The Hall–Kier alpha value is -2.72. The van der Waals surface area contributed by atoms with E-state index in [1.165, 1.54) is 11.1 Å². The SMILES string of the molecule is c1ccc(Cc2nc(Cn3cc(-c4ccccc4)cn3)cs2)cc1. The van der Waals surface area contributed by atoms with Crippen molar-refractivity contribution >= 4 is 11.3 Å². The molecule has 0 unspecified atom stereocenters. The molecule has 0 aliphatic rings. The lowest BCUT2D eigenvalue weighted by Crippen LogP contribution is -2.00. The molecule has 0 radical (unpaired) electrons. The van der Waals surface area contributed by atoms with Crippen LogP contribution in [0.5, 0.6) is 0 Å². The molecule has 2 aromatic carbocycles. The summed E-state index contributed by atoms with van der Waals surface area (Å²) in [4.78, 5) is 4.74. The molecule has 0 amide bonds. The van der Waals surface area contributed by atoms with Crippen molar-refractivity contribution < 1.29 is 0 Å². The number of aromatic nitrogens is 3. The van der Waals surface area contributed by atoms with E-state index in [4.69, 9.17) is 4.98 Å². The molecule has 0 N–H and O–H groups in total. The van der Waals surface area contributed by atoms with Crippen LogP contribution in [-0.4, -0.2) is 14.8 Å². The fourth-order valence-electron chi connectivity index (χ4n) is 2.67. The molecule has 2 aromatic heterocycles. The highest BCUT2D eigenvalue weighted by atomic mass is 32.1. The molecule has 0 saturated heterocycles. The van der Waals surface area contributed by atoms with Gasteiger partial charge < -0.3 is 0 Å². The first-order valence-electron chi connectivity index (χ1n) is 7.92. The zero-order chi connectivity index (χ0) is 16.2. The number of rotatable bonds is 5. The van der Waals surface area contributed by atoms with Crippen LogP contribution in [-0.2, 0) is 13.0 Å². The Labute approximate surface area is 145 Å². The molecule has 0 spiro atoms. The van der Waals surface area contributed by atoms with Crippen molar-refractivity contribution in [2.45, 2.75) is 13.0 Å². The van der Waals surface area contributed by atoms with Crippen LogP contribution in [0.4, 0.5) is 0 Å². The summed E-state index contributed by atoms with van der Waals surface area (Å²) in [7, 11) is 0. The van der Waals surface area contributed by atoms with Crippen molar-refractivity contribution in [3.8, 4) is 11.1 Å². The third kappa shape index (κ3) is 3.44. The molecular weight excluding hydrogens is 314 g/mol. The van der Waals surface area contributed by atoms with Gasteiger partial charge in [0.15, 0.2) is 0 Å². The first-order chi connectivity index (χ1) is 11.9. The highest BCUT2D eigenvalue weighted by molar-refractivity contribution is 7.09. The van der Waals surface area contributed by atoms with Gasteiger partial charge in [0, 0.05) is 23.6 Å². The molecule has 4 rings (SSSR count). The fourth-order valence-corrected chi connectivity index (χ4v) is 3.49. The third-order valence-electron chi connectivity index (χ3n) is 3.86. The van der Waals surface area contributed by atoms with Gasteiger partial charge in [-0.05, 0) is 11.1 Å². The number of hydrogen-bond acceptors (Lipinski definition) is 3. The average molecular weight is 331 g/mol. The number of nitrogens with zero attached hydrogens (tertiary/aromatic N) is 3. The second kappa shape index (κ2) is 6.81. The molecule has 0 saturated carbocycles. The van der Waals surface area contributed by atoms with Gasteiger partial charge in [0.2, 0.25) is 0 Å². The van der Waals surface area contributed by atoms with Gasteiger partial charge in [0.1, 0.15) is 0 Å². The molecule has 0 bridgehead atoms. The van der Waals surface area contributed by atoms with E-state index in [2.05, 4.69) is 53.1 Å². The summed E-state index contributed by atoms with van der Waals surface area (Å²) in [5, 5.41) is 7.73. The Bertz CT molecular complexity index is 910. The van der Waals surface area contributed by atoms with E-state index in [0.29, 0.717) is 6.54 Å². The van der Waals surface area contributed by atoms with Crippen molar-refractivity contribution in [2.75, 3.05) is 0 Å².